The van der Waals surface area contributed by atoms with E-state index in [1.54, 1.807) is 18.2 Å². The minimum absolute atomic E-state index is 0.143. The molecule has 0 bridgehead atoms. The summed E-state index contributed by atoms with van der Waals surface area (Å²) in [6, 6.07) is 5.09. The molecule has 1 aliphatic rings. The minimum atomic E-state index is -0.327. The van der Waals surface area contributed by atoms with Gasteiger partial charge in [0.2, 0.25) is 0 Å². The zero-order valence-electron chi connectivity index (χ0n) is 10.9. The van der Waals surface area contributed by atoms with Crippen LogP contribution in [0.2, 0.25) is 5.02 Å². The number of methoxy groups -OCH3 is 1. The van der Waals surface area contributed by atoms with Crippen LogP contribution in [0.5, 0.6) is 11.5 Å². The number of carbonyl (C=O) groups excluding carboxylic acids is 1. The second-order valence-electron chi connectivity index (χ2n) is 3.95. The van der Waals surface area contributed by atoms with Crippen LogP contribution in [0, 0.1) is 11.3 Å². The lowest BCUT2D eigenvalue weighted by Gasteiger charge is -2.11. The van der Waals surface area contributed by atoms with Crippen LogP contribution in [0.3, 0.4) is 0 Å². The largest absolute Gasteiger partial charge is 0.491 e. The molecule has 21 heavy (non-hydrogen) atoms. The van der Waals surface area contributed by atoms with Crippen LogP contribution in [0.1, 0.15) is 5.56 Å². The lowest BCUT2D eigenvalue weighted by molar-refractivity contribution is -0.115. The summed E-state index contributed by atoms with van der Waals surface area (Å²) in [7, 11) is 1.45. The van der Waals surface area contributed by atoms with Gasteiger partial charge in [-0.2, -0.15) is 5.26 Å². The summed E-state index contributed by atoms with van der Waals surface area (Å²) in [6.07, 6.45) is 1.57. The predicted molar refractivity (Wildman–Crippen MR) is 81.0 cm³/mol. The molecule has 0 spiro atoms. The average Bonchev–Trinajstić information content (AvgIpc) is 2.74. The molecule has 0 aromatic heterocycles. The summed E-state index contributed by atoms with van der Waals surface area (Å²) >= 11 is 10.9. The van der Waals surface area contributed by atoms with E-state index in [2.05, 4.69) is 10.6 Å². The van der Waals surface area contributed by atoms with E-state index in [1.165, 1.54) is 7.11 Å². The van der Waals surface area contributed by atoms with Crippen LogP contribution in [0.25, 0.3) is 6.08 Å². The number of ether oxygens (including phenoxy) is 2. The van der Waals surface area contributed by atoms with E-state index in [0.717, 1.165) is 0 Å². The summed E-state index contributed by atoms with van der Waals surface area (Å²) in [4.78, 5) is 11.6. The Labute approximate surface area is 131 Å². The van der Waals surface area contributed by atoms with Crippen molar-refractivity contribution in [3.8, 4) is 17.6 Å². The van der Waals surface area contributed by atoms with Crippen molar-refractivity contribution >= 4 is 40.9 Å². The number of rotatable bonds is 4. The minimum Gasteiger partial charge on any atom is -0.491 e. The molecular formula is C13H10ClN3O3S. The fourth-order valence-corrected chi connectivity index (χ4v) is 2.23. The van der Waals surface area contributed by atoms with Gasteiger partial charge in [0.05, 0.1) is 12.1 Å². The molecular weight excluding hydrogens is 314 g/mol. The highest BCUT2D eigenvalue weighted by Crippen LogP contribution is 2.36. The van der Waals surface area contributed by atoms with Gasteiger partial charge in [0, 0.05) is 0 Å². The van der Waals surface area contributed by atoms with Crippen molar-refractivity contribution in [2.75, 3.05) is 13.7 Å². The Balaban J connectivity index is 2.39. The topological polar surface area (TPSA) is 83.4 Å². The number of nitrogens with zero attached hydrogens (tertiary/aromatic N) is 1. The highest BCUT2D eigenvalue weighted by Gasteiger charge is 2.20. The molecule has 0 radical (unpaired) electrons. The zero-order valence-corrected chi connectivity index (χ0v) is 12.5. The molecule has 6 nitrogen and oxygen atoms in total. The SMILES string of the molecule is COc1c(Cl)cc(C=C2NC(=S)NC2=O)cc1OCC#N. The number of carbonyl (C=O) groups is 1. The maximum absolute atomic E-state index is 11.6. The summed E-state index contributed by atoms with van der Waals surface area (Å²) in [5.41, 5.74) is 0.906. The first-order valence-electron chi connectivity index (χ1n) is 5.76. The first-order chi connectivity index (χ1) is 10.0. The molecule has 0 unspecified atom stereocenters. The van der Waals surface area contributed by atoms with Crippen molar-refractivity contribution in [3.05, 3.63) is 28.4 Å². The van der Waals surface area contributed by atoms with Gasteiger partial charge in [-0.3, -0.25) is 10.1 Å². The van der Waals surface area contributed by atoms with Crippen LogP contribution in [-0.2, 0) is 4.79 Å². The summed E-state index contributed by atoms with van der Waals surface area (Å²) in [5, 5.41) is 14.3. The quantitative estimate of drug-likeness (QED) is 0.647. The van der Waals surface area contributed by atoms with Crippen molar-refractivity contribution < 1.29 is 14.3 Å². The van der Waals surface area contributed by atoms with Crippen molar-refractivity contribution in [3.63, 3.8) is 0 Å². The third kappa shape index (κ3) is 3.42. The molecule has 2 rings (SSSR count). The average molecular weight is 324 g/mol. The fourth-order valence-electron chi connectivity index (χ4n) is 1.74. The van der Waals surface area contributed by atoms with Gasteiger partial charge >= 0.3 is 0 Å². The first-order valence-corrected chi connectivity index (χ1v) is 6.55. The molecule has 1 aromatic carbocycles. The number of halogens is 1. The van der Waals surface area contributed by atoms with E-state index in [1.807, 2.05) is 6.07 Å². The van der Waals surface area contributed by atoms with Crippen LogP contribution in [0.4, 0.5) is 0 Å². The Bertz CT molecular complexity index is 682. The Morgan fingerprint density at radius 3 is 2.81 bits per heavy atom. The number of amides is 1. The smallest absolute Gasteiger partial charge is 0.273 e. The van der Waals surface area contributed by atoms with Gasteiger partial charge in [-0.05, 0) is 36.0 Å². The lowest BCUT2D eigenvalue weighted by Crippen LogP contribution is -2.21. The van der Waals surface area contributed by atoms with E-state index in [-0.39, 0.29) is 17.6 Å². The second kappa shape index (κ2) is 6.43. The molecule has 1 saturated heterocycles. The molecule has 0 saturated carbocycles. The maximum atomic E-state index is 11.6. The Morgan fingerprint density at radius 2 is 2.24 bits per heavy atom. The maximum Gasteiger partial charge on any atom is 0.273 e. The van der Waals surface area contributed by atoms with E-state index in [4.69, 9.17) is 38.6 Å². The number of thiocarbonyl (C=S) groups is 1. The van der Waals surface area contributed by atoms with Gasteiger partial charge in [-0.1, -0.05) is 11.6 Å². The van der Waals surface area contributed by atoms with Crippen molar-refractivity contribution in [2.45, 2.75) is 0 Å². The Kier molecular flexibility index (Phi) is 4.62. The van der Waals surface area contributed by atoms with Gasteiger partial charge in [0.1, 0.15) is 11.8 Å². The highest BCUT2D eigenvalue weighted by atomic mass is 35.5. The monoisotopic (exact) mass is 323 g/mol. The number of nitrogens with one attached hydrogen (secondary N) is 2. The molecule has 8 heteroatoms. The number of hydrogen-bond donors (Lipinski definition) is 2. The standard InChI is InChI=1S/C13H10ClN3O3S/c1-19-11-8(14)4-7(6-10(11)20-3-2-15)5-9-12(18)17-13(21)16-9/h4-6H,3H2,1H3,(H2,16,17,18,21). The third-order valence-corrected chi connectivity index (χ3v) is 3.04. The predicted octanol–water partition coefficient (Wildman–Crippen LogP) is 1.60. The summed E-state index contributed by atoms with van der Waals surface area (Å²) < 4.78 is 10.4. The van der Waals surface area contributed by atoms with Crippen molar-refractivity contribution in [1.82, 2.24) is 10.6 Å². The van der Waals surface area contributed by atoms with Crippen molar-refractivity contribution in [2.24, 2.45) is 0 Å². The highest BCUT2D eigenvalue weighted by molar-refractivity contribution is 7.80. The number of benzene rings is 1. The van der Waals surface area contributed by atoms with Crippen molar-refractivity contribution in [1.29, 1.82) is 5.26 Å². The number of nitriles is 1. The Morgan fingerprint density at radius 1 is 1.48 bits per heavy atom. The molecule has 1 aromatic rings. The molecule has 1 aliphatic heterocycles. The lowest BCUT2D eigenvalue weighted by atomic mass is 10.1. The Hall–Kier alpha value is -2.30. The van der Waals surface area contributed by atoms with Gasteiger partial charge in [0.15, 0.2) is 23.2 Å². The van der Waals surface area contributed by atoms with Gasteiger partial charge in [0.25, 0.3) is 5.91 Å². The molecule has 1 fully saturated rings. The van der Waals surface area contributed by atoms with E-state index < -0.39 is 0 Å². The molecule has 2 N–H and O–H groups in total. The van der Waals surface area contributed by atoms with Crippen LogP contribution in [-0.4, -0.2) is 24.7 Å². The van der Waals surface area contributed by atoms with Crippen LogP contribution in [0.15, 0.2) is 17.8 Å². The van der Waals surface area contributed by atoms with E-state index in [9.17, 15) is 4.79 Å². The van der Waals surface area contributed by atoms with Gasteiger partial charge in [-0.15, -0.1) is 0 Å². The normalized spacial score (nSPS) is 15.4. The van der Waals surface area contributed by atoms with Crippen LogP contribution < -0.4 is 20.1 Å². The molecule has 1 heterocycles. The molecule has 108 valence electrons. The van der Waals surface area contributed by atoms with Crippen LogP contribution >= 0.6 is 23.8 Å². The first kappa shape index (κ1) is 15.1. The zero-order chi connectivity index (χ0) is 15.4. The summed E-state index contributed by atoms with van der Waals surface area (Å²) in [6.45, 7) is -0.143. The fraction of sp³-hybridized carbons (Fsp3) is 0.154. The molecule has 0 atom stereocenters. The summed E-state index contributed by atoms with van der Waals surface area (Å²) in [5.74, 6) is 0.319. The van der Waals surface area contributed by atoms with Gasteiger partial charge in [-0.25, -0.2) is 0 Å². The second-order valence-corrected chi connectivity index (χ2v) is 4.76. The van der Waals surface area contributed by atoms with Gasteiger partial charge < -0.3 is 14.8 Å². The number of hydrogen-bond acceptors (Lipinski definition) is 5. The molecule has 1 amide bonds. The molecule has 0 aliphatic carbocycles. The third-order valence-electron chi connectivity index (χ3n) is 2.56. The van der Waals surface area contributed by atoms with E-state index >= 15 is 0 Å². The van der Waals surface area contributed by atoms with E-state index in [0.29, 0.717) is 27.8 Å².